The van der Waals surface area contributed by atoms with Gasteiger partial charge in [-0.3, -0.25) is 4.98 Å². The molecule has 2 aromatic rings. The van der Waals surface area contributed by atoms with Gasteiger partial charge in [0.05, 0.1) is 43.1 Å². The van der Waals surface area contributed by atoms with Gasteiger partial charge in [0.15, 0.2) is 11.6 Å². The molecule has 0 aliphatic carbocycles. The zero-order valence-electron chi connectivity index (χ0n) is 13.9. The van der Waals surface area contributed by atoms with Gasteiger partial charge < -0.3 is 14.4 Å². The third-order valence-corrected chi connectivity index (χ3v) is 4.27. The predicted molar refractivity (Wildman–Crippen MR) is 92.5 cm³/mol. The molecule has 2 atom stereocenters. The summed E-state index contributed by atoms with van der Waals surface area (Å²) in [5.41, 5.74) is 0.786. The smallest absolute Gasteiger partial charge is 0.152 e. The van der Waals surface area contributed by atoms with Gasteiger partial charge in [0.2, 0.25) is 0 Å². The van der Waals surface area contributed by atoms with Crippen LogP contribution in [-0.4, -0.2) is 41.4 Å². The molecule has 0 N–H and O–H groups in total. The quantitative estimate of drug-likeness (QED) is 0.856. The van der Waals surface area contributed by atoms with Crippen molar-refractivity contribution in [2.24, 2.45) is 0 Å². The Labute approximate surface area is 141 Å². The van der Waals surface area contributed by atoms with Gasteiger partial charge in [-0.1, -0.05) is 11.6 Å². The Morgan fingerprint density at radius 1 is 1.30 bits per heavy atom. The highest BCUT2D eigenvalue weighted by Gasteiger charge is 2.30. The van der Waals surface area contributed by atoms with E-state index in [9.17, 15) is 0 Å². The molecule has 6 heteroatoms. The minimum atomic E-state index is 0.0265. The number of anilines is 1. The van der Waals surface area contributed by atoms with Gasteiger partial charge in [0, 0.05) is 11.6 Å². The van der Waals surface area contributed by atoms with Crippen LogP contribution >= 0.6 is 11.6 Å². The molecule has 0 amide bonds. The van der Waals surface area contributed by atoms with E-state index in [1.54, 1.807) is 12.4 Å². The molecule has 0 saturated carbocycles. The van der Waals surface area contributed by atoms with Crippen LogP contribution in [0, 0.1) is 0 Å². The molecular formula is C17H22ClN3O2. The summed E-state index contributed by atoms with van der Waals surface area (Å²) >= 11 is 6.71. The van der Waals surface area contributed by atoms with Gasteiger partial charge in [-0.2, -0.15) is 0 Å². The Morgan fingerprint density at radius 2 is 2.00 bits per heavy atom. The molecule has 1 fully saturated rings. The number of fused-ring (bicyclic) bond motifs is 1. The van der Waals surface area contributed by atoms with Gasteiger partial charge in [0.25, 0.3) is 0 Å². The monoisotopic (exact) mass is 335 g/mol. The number of morpholine rings is 1. The van der Waals surface area contributed by atoms with Crippen molar-refractivity contribution in [3.05, 3.63) is 23.5 Å². The molecule has 1 saturated heterocycles. The van der Waals surface area contributed by atoms with E-state index in [2.05, 4.69) is 23.7 Å². The summed E-state index contributed by atoms with van der Waals surface area (Å²) in [5.74, 6) is 1.42. The van der Waals surface area contributed by atoms with E-state index >= 15 is 0 Å². The zero-order chi connectivity index (χ0) is 16.6. The summed E-state index contributed by atoms with van der Waals surface area (Å²) < 4.78 is 11.6. The Balaban J connectivity index is 2.18. The average molecular weight is 336 g/mol. The average Bonchev–Trinajstić information content (AvgIpc) is 2.50. The highest BCUT2D eigenvalue weighted by atomic mass is 35.5. The van der Waals surface area contributed by atoms with Crippen LogP contribution in [0.15, 0.2) is 18.5 Å². The molecule has 0 spiro atoms. The fourth-order valence-corrected chi connectivity index (χ4v) is 3.28. The zero-order valence-corrected chi connectivity index (χ0v) is 14.7. The van der Waals surface area contributed by atoms with Crippen molar-refractivity contribution < 1.29 is 9.47 Å². The standard InChI is InChI=1S/C17H22ClN3O2/c1-10(2)23-16-13-5-6-19-7-14(13)20-17(15(16)18)21-11(3)8-22-9-12(21)4/h5-7,10-12H,8-9H2,1-4H3/t11-,12+. The number of ether oxygens (including phenoxy) is 2. The number of rotatable bonds is 3. The second-order valence-electron chi connectivity index (χ2n) is 6.28. The summed E-state index contributed by atoms with van der Waals surface area (Å²) in [6, 6.07) is 2.29. The molecule has 1 aliphatic rings. The van der Waals surface area contributed by atoms with Crippen molar-refractivity contribution in [2.75, 3.05) is 18.1 Å². The normalized spacial score (nSPS) is 21.9. The first-order valence-corrected chi connectivity index (χ1v) is 8.32. The van der Waals surface area contributed by atoms with Crippen LogP contribution in [0.4, 0.5) is 5.82 Å². The second kappa shape index (κ2) is 6.49. The van der Waals surface area contributed by atoms with Crippen LogP contribution in [0.2, 0.25) is 5.02 Å². The summed E-state index contributed by atoms with van der Waals surface area (Å²) in [6.45, 7) is 9.53. The summed E-state index contributed by atoms with van der Waals surface area (Å²) in [5, 5.41) is 1.44. The van der Waals surface area contributed by atoms with Crippen molar-refractivity contribution in [1.82, 2.24) is 9.97 Å². The first kappa shape index (κ1) is 16.3. The summed E-state index contributed by atoms with van der Waals surface area (Å²) in [7, 11) is 0. The van der Waals surface area contributed by atoms with Crippen LogP contribution < -0.4 is 9.64 Å². The molecular weight excluding hydrogens is 314 g/mol. The first-order valence-electron chi connectivity index (χ1n) is 7.95. The summed E-state index contributed by atoms with van der Waals surface area (Å²) in [4.78, 5) is 11.2. The maximum Gasteiger partial charge on any atom is 0.152 e. The number of hydrogen-bond donors (Lipinski definition) is 0. The highest BCUT2D eigenvalue weighted by Crippen LogP contribution is 2.41. The van der Waals surface area contributed by atoms with Crippen molar-refractivity contribution >= 4 is 28.3 Å². The predicted octanol–water partition coefficient (Wildman–Crippen LogP) is 3.68. The van der Waals surface area contributed by atoms with Crippen LogP contribution in [0.3, 0.4) is 0 Å². The van der Waals surface area contributed by atoms with E-state index in [1.165, 1.54) is 0 Å². The number of pyridine rings is 2. The number of hydrogen-bond acceptors (Lipinski definition) is 5. The van der Waals surface area contributed by atoms with Crippen molar-refractivity contribution in [2.45, 2.75) is 45.9 Å². The van der Waals surface area contributed by atoms with Crippen molar-refractivity contribution in [1.29, 1.82) is 0 Å². The SMILES string of the molecule is CC(C)Oc1c(Cl)c(N2[C@H](C)COC[C@@H]2C)nc2cnccc12. The first-order chi connectivity index (χ1) is 11.0. The van der Waals surface area contributed by atoms with E-state index < -0.39 is 0 Å². The molecule has 23 heavy (non-hydrogen) atoms. The lowest BCUT2D eigenvalue weighted by Crippen LogP contribution is -2.50. The van der Waals surface area contributed by atoms with Crippen LogP contribution in [0.25, 0.3) is 10.9 Å². The molecule has 3 rings (SSSR count). The molecule has 3 heterocycles. The van der Waals surface area contributed by atoms with E-state index in [4.69, 9.17) is 26.1 Å². The maximum absolute atomic E-state index is 6.71. The third-order valence-electron chi connectivity index (χ3n) is 3.93. The lowest BCUT2D eigenvalue weighted by molar-refractivity contribution is 0.0752. The van der Waals surface area contributed by atoms with E-state index in [0.29, 0.717) is 24.0 Å². The van der Waals surface area contributed by atoms with Gasteiger partial charge >= 0.3 is 0 Å². The number of nitrogens with zero attached hydrogens (tertiary/aromatic N) is 3. The lowest BCUT2D eigenvalue weighted by atomic mass is 10.1. The Hall–Kier alpha value is -1.59. The Morgan fingerprint density at radius 3 is 2.65 bits per heavy atom. The van der Waals surface area contributed by atoms with Crippen LogP contribution in [0.1, 0.15) is 27.7 Å². The molecule has 5 nitrogen and oxygen atoms in total. The largest absolute Gasteiger partial charge is 0.489 e. The summed E-state index contributed by atoms with van der Waals surface area (Å²) in [6.07, 6.45) is 3.50. The second-order valence-corrected chi connectivity index (χ2v) is 6.66. The molecule has 0 aromatic carbocycles. The molecule has 0 unspecified atom stereocenters. The van der Waals surface area contributed by atoms with E-state index in [0.717, 1.165) is 16.7 Å². The fraction of sp³-hybridized carbons (Fsp3) is 0.529. The molecule has 0 bridgehead atoms. The minimum absolute atomic E-state index is 0.0265. The van der Waals surface area contributed by atoms with Crippen molar-refractivity contribution in [3.63, 3.8) is 0 Å². The Kier molecular flexibility index (Phi) is 4.60. The highest BCUT2D eigenvalue weighted by molar-refractivity contribution is 6.35. The maximum atomic E-state index is 6.71. The van der Waals surface area contributed by atoms with Crippen LogP contribution in [0.5, 0.6) is 5.75 Å². The van der Waals surface area contributed by atoms with Crippen LogP contribution in [-0.2, 0) is 4.74 Å². The number of aromatic nitrogens is 2. The number of halogens is 1. The lowest BCUT2D eigenvalue weighted by Gasteiger charge is -2.40. The topological polar surface area (TPSA) is 47.5 Å². The molecule has 124 valence electrons. The molecule has 1 aliphatic heterocycles. The van der Waals surface area contributed by atoms with Gasteiger partial charge in [0.1, 0.15) is 5.02 Å². The fourth-order valence-electron chi connectivity index (χ4n) is 2.99. The third kappa shape index (κ3) is 3.08. The minimum Gasteiger partial charge on any atom is -0.489 e. The van der Waals surface area contributed by atoms with E-state index in [-0.39, 0.29) is 18.2 Å². The van der Waals surface area contributed by atoms with Crippen molar-refractivity contribution in [3.8, 4) is 5.75 Å². The van der Waals surface area contributed by atoms with Gasteiger partial charge in [-0.15, -0.1) is 0 Å². The molecule has 0 radical (unpaired) electrons. The Bertz CT molecular complexity index is 698. The van der Waals surface area contributed by atoms with Gasteiger partial charge in [-0.25, -0.2) is 4.98 Å². The van der Waals surface area contributed by atoms with E-state index in [1.807, 2.05) is 19.9 Å². The molecule has 2 aromatic heterocycles. The van der Waals surface area contributed by atoms with Gasteiger partial charge in [-0.05, 0) is 33.8 Å².